The van der Waals surface area contributed by atoms with Gasteiger partial charge in [0.2, 0.25) is 5.91 Å². The Bertz CT molecular complexity index is 886. The van der Waals surface area contributed by atoms with Crippen LogP contribution in [0.1, 0.15) is 22.0 Å². The maximum Gasteiger partial charge on any atom is 0.267 e. The monoisotopic (exact) mass is 322 g/mol. The molecule has 0 aliphatic rings. The minimum Gasteiger partial charge on any atom is -0.368 e. The number of carbonyl (C=O) groups is 2. The summed E-state index contributed by atoms with van der Waals surface area (Å²) in [5.74, 6) is -0.895. The first-order valence-electron chi connectivity index (χ1n) is 7.52. The molecule has 0 saturated carbocycles. The highest BCUT2D eigenvalue weighted by Gasteiger charge is 2.19. The maximum atomic E-state index is 12.5. The summed E-state index contributed by atoms with van der Waals surface area (Å²) in [5, 5.41) is 0.842. The zero-order chi connectivity index (χ0) is 17.1. The van der Waals surface area contributed by atoms with Crippen molar-refractivity contribution in [3.8, 4) is 0 Å². The number of nitrogens with zero attached hydrogens (tertiary/aromatic N) is 1. The third-order valence-electron chi connectivity index (χ3n) is 3.89. The van der Waals surface area contributed by atoms with Crippen LogP contribution in [0.3, 0.4) is 0 Å². The van der Waals surface area contributed by atoms with Crippen LogP contribution in [-0.4, -0.2) is 16.4 Å². The summed E-state index contributed by atoms with van der Waals surface area (Å²) < 4.78 is 1.88. The predicted octanol–water partition coefficient (Wildman–Crippen LogP) is 1.64. The molecule has 0 saturated heterocycles. The van der Waals surface area contributed by atoms with Gasteiger partial charge in [-0.1, -0.05) is 48.5 Å². The fourth-order valence-electron chi connectivity index (χ4n) is 2.69. The second-order valence-electron chi connectivity index (χ2n) is 5.52. The van der Waals surface area contributed by atoms with Crippen molar-refractivity contribution < 1.29 is 9.59 Å². The quantitative estimate of drug-likeness (QED) is 0.624. The van der Waals surface area contributed by atoms with Gasteiger partial charge in [0.15, 0.2) is 0 Å². The number of hydrogen-bond donors (Lipinski definition) is 3. The zero-order valence-electron chi connectivity index (χ0n) is 13.2. The van der Waals surface area contributed by atoms with Crippen molar-refractivity contribution in [1.82, 2.24) is 15.4 Å². The fourth-order valence-corrected chi connectivity index (χ4v) is 2.69. The lowest BCUT2D eigenvalue weighted by Crippen LogP contribution is -2.45. The second kappa shape index (κ2) is 6.55. The number of rotatable bonds is 5. The van der Waals surface area contributed by atoms with Gasteiger partial charge >= 0.3 is 0 Å². The number of amides is 2. The number of carbonyl (C=O) groups excluding carboxylic acids is 2. The van der Waals surface area contributed by atoms with E-state index in [0.29, 0.717) is 11.1 Å². The van der Waals surface area contributed by atoms with E-state index in [1.54, 1.807) is 30.5 Å². The molecular weight excluding hydrogens is 304 g/mol. The van der Waals surface area contributed by atoms with Crippen LogP contribution in [0, 0.1) is 0 Å². The topological polar surface area (TPSA) is 89.2 Å². The first-order chi connectivity index (χ1) is 11.6. The van der Waals surface area contributed by atoms with E-state index in [-0.39, 0.29) is 5.91 Å². The molecule has 0 aliphatic carbocycles. The van der Waals surface area contributed by atoms with E-state index in [2.05, 4.69) is 10.9 Å². The lowest BCUT2D eigenvalue weighted by Gasteiger charge is -2.16. The van der Waals surface area contributed by atoms with E-state index < -0.39 is 11.9 Å². The third-order valence-corrected chi connectivity index (χ3v) is 3.89. The molecule has 3 aromatic rings. The molecule has 6 heteroatoms. The van der Waals surface area contributed by atoms with Crippen LogP contribution in [0.4, 0.5) is 0 Å². The SMILES string of the molecule is Cn1cc(C(=O)NNC(C(N)=O)c2ccccc2)c2ccccc21. The molecular formula is C18H18N4O2. The Morgan fingerprint density at radius 1 is 1.04 bits per heavy atom. The third kappa shape index (κ3) is 3.00. The number of primary amides is 1. The lowest BCUT2D eigenvalue weighted by molar-refractivity contribution is -0.120. The van der Waals surface area contributed by atoms with Crippen LogP contribution in [0.15, 0.2) is 60.8 Å². The molecule has 4 N–H and O–H groups in total. The molecule has 0 bridgehead atoms. The van der Waals surface area contributed by atoms with Gasteiger partial charge < -0.3 is 10.3 Å². The molecule has 1 aromatic heterocycles. The minimum absolute atomic E-state index is 0.325. The molecule has 3 rings (SSSR count). The van der Waals surface area contributed by atoms with Crippen LogP contribution in [0.2, 0.25) is 0 Å². The van der Waals surface area contributed by atoms with Crippen molar-refractivity contribution in [2.75, 3.05) is 0 Å². The van der Waals surface area contributed by atoms with Crippen LogP contribution >= 0.6 is 0 Å². The number of fused-ring (bicyclic) bond motifs is 1. The van der Waals surface area contributed by atoms with E-state index >= 15 is 0 Å². The summed E-state index contributed by atoms with van der Waals surface area (Å²) in [6.07, 6.45) is 1.75. The van der Waals surface area contributed by atoms with Gasteiger partial charge in [-0.2, -0.15) is 0 Å². The minimum atomic E-state index is -0.801. The Labute approximate surface area is 139 Å². The predicted molar refractivity (Wildman–Crippen MR) is 91.9 cm³/mol. The Balaban J connectivity index is 1.80. The van der Waals surface area contributed by atoms with Crippen molar-refractivity contribution in [2.45, 2.75) is 6.04 Å². The lowest BCUT2D eigenvalue weighted by atomic mass is 10.1. The molecule has 1 heterocycles. The number of nitrogens with two attached hydrogens (primary N) is 1. The van der Waals surface area contributed by atoms with Gasteiger partial charge in [-0.25, -0.2) is 5.43 Å². The van der Waals surface area contributed by atoms with Crippen molar-refractivity contribution in [1.29, 1.82) is 0 Å². The summed E-state index contributed by atoms with van der Waals surface area (Å²) >= 11 is 0. The molecule has 1 unspecified atom stereocenters. The highest BCUT2D eigenvalue weighted by molar-refractivity contribution is 6.06. The number of aryl methyl sites for hydroxylation is 1. The number of benzene rings is 2. The van der Waals surface area contributed by atoms with Gasteiger partial charge in [0.1, 0.15) is 6.04 Å². The molecule has 122 valence electrons. The van der Waals surface area contributed by atoms with E-state index in [9.17, 15) is 9.59 Å². The first kappa shape index (κ1) is 15.8. The Kier molecular flexibility index (Phi) is 4.31. The summed E-state index contributed by atoms with van der Waals surface area (Å²) in [7, 11) is 1.88. The molecule has 24 heavy (non-hydrogen) atoms. The fraction of sp³-hybridized carbons (Fsp3) is 0.111. The number of para-hydroxylation sites is 1. The number of aromatic nitrogens is 1. The number of nitrogens with one attached hydrogen (secondary N) is 2. The van der Waals surface area contributed by atoms with E-state index in [0.717, 1.165) is 10.9 Å². The van der Waals surface area contributed by atoms with Crippen LogP contribution in [0.5, 0.6) is 0 Å². The van der Waals surface area contributed by atoms with Crippen molar-refractivity contribution in [3.05, 3.63) is 71.9 Å². The van der Waals surface area contributed by atoms with Gasteiger partial charge in [0.25, 0.3) is 5.91 Å². The smallest absolute Gasteiger partial charge is 0.267 e. The van der Waals surface area contributed by atoms with Gasteiger partial charge in [-0.05, 0) is 11.6 Å². The molecule has 2 amide bonds. The summed E-state index contributed by atoms with van der Waals surface area (Å²) in [5.41, 5.74) is 12.9. The molecule has 0 fully saturated rings. The highest BCUT2D eigenvalue weighted by Crippen LogP contribution is 2.20. The largest absolute Gasteiger partial charge is 0.368 e. The zero-order valence-corrected chi connectivity index (χ0v) is 13.2. The standard InChI is InChI=1S/C18H18N4O2/c1-22-11-14(13-9-5-6-10-15(13)22)18(24)21-20-16(17(19)23)12-7-3-2-4-8-12/h2-11,16,20H,1H3,(H2,19,23)(H,21,24). The molecule has 0 spiro atoms. The van der Waals surface area contributed by atoms with Crippen LogP contribution in [0.25, 0.3) is 10.9 Å². The van der Waals surface area contributed by atoms with Gasteiger partial charge in [-0.3, -0.25) is 15.0 Å². The van der Waals surface area contributed by atoms with E-state index in [1.165, 1.54) is 0 Å². The van der Waals surface area contributed by atoms with Gasteiger partial charge in [0, 0.05) is 24.1 Å². The Morgan fingerprint density at radius 2 is 1.71 bits per heavy atom. The van der Waals surface area contributed by atoms with Crippen molar-refractivity contribution in [3.63, 3.8) is 0 Å². The summed E-state index contributed by atoms with van der Waals surface area (Å²) in [4.78, 5) is 24.2. The Morgan fingerprint density at radius 3 is 2.42 bits per heavy atom. The summed E-state index contributed by atoms with van der Waals surface area (Å²) in [6.45, 7) is 0. The Hall–Kier alpha value is -3.12. The van der Waals surface area contributed by atoms with Crippen molar-refractivity contribution in [2.24, 2.45) is 12.8 Å². The molecule has 6 nitrogen and oxygen atoms in total. The van der Waals surface area contributed by atoms with Crippen LogP contribution in [-0.2, 0) is 11.8 Å². The highest BCUT2D eigenvalue weighted by atomic mass is 16.2. The van der Waals surface area contributed by atoms with Crippen LogP contribution < -0.4 is 16.6 Å². The average molecular weight is 322 g/mol. The van der Waals surface area contributed by atoms with Crippen molar-refractivity contribution >= 4 is 22.7 Å². The molecule has 0 aliphatic heterocycles. The molecule has 1 atom stereocenters. The van der Waals surface area contributed by atoms with Gasteiger partial charge in [-0.15, -0.1) is 0 Å². The second-order valence-corrected chi connectivity index (χ2v) is 5.52. The number of hydrazine groups is 1. The number of hydrogen-bond acceptors (Lipinski definition) is 3. The first-order valence-corrected chi connectivity index (χ1v) is 7.52. The maximum absolute atomic E-state index is 12.5. The summed E-state index contributed by atoms with van der Waals surface area (Å²) in [6, 6.07) is 15.8. The normalized spacial score (nSPS) is 12.0. The van der Waals surface area contributed by atoms with Gasteiger partial charge in [0.05, 0.1) is 5.56 Å². The molecule has 2 aromatic carbocycles. The van der Waals surface area contributed by atoms with E-state index in [4.69, 9.17) is 5.73 Å². The van der Waals surface area contributed by atoms with E-state index in [1.807, 2.05) is 41.9 Å². The molecule has 0 radical (unpaired) electrons. The average Bonchev–Trinajstić information content (AvgIpc) is 2.93.